The van der Waals surface area contributed by atoms with Crippen molar-refractivity contribution in [3.63, 3.8) is 0 Å². The lowest BCUT2D eigenvalue weighted by Gasteiger charge is -2.06. The number of ether oxygens (including phenoxy) is 1. The second-order valence-electron chi connectivity index (χ2n) is 6.62. The van der Waals surface area contributed by atoms with Crippen molar-refractivity contribution in [2.24, 2.45) is 5.92 Å². The van der Waals surface area contributed by atoms with Crippen molar-refractivity contribution >= 4 is 35.6 Å². The van der Waals surface area contributed by atoms with Crippen molar-refractivity contribution in [2.75, 3.05) is 6.61 Å². The lowest BCUT2D eigenvalue weighted by atomic mass is 10.2. The first-order chi connectivity index (χ1) is 13.8. The Kier molecular flexibility index (Phi) is 8.02. The molecule has 0 atom stereocenters. The number of carbonyl (C=O) groups excluding carboxylic acids is 3. The van der Waals surface area contributed by atoms with Crippen LogP contribution in [0.5, 0.6) is 0 Å². The lowest BCUT2D eigenvalue weighted by molar-refractivity contribution is -0.143. The van der Waals surface area contributed by atoms with Gasteiger partial charge in [-0.3, -0.25) is 14.8 Å². The highest BCUT2D eigenvalue weighted by molar-refractivity contribution is 6.31. The molecule has 2 heterocycles. The number of urea groups is 1. The minimum Gasteiger partial charge on any atom is -0.467 e. The molecule has 0 spiro atoms. The van der Waals surface area contributed by atoms with Gasteiger partial charge in [-0.05, 0) is 31.1 Å². The van der Waals surface area contributed by atoms with Gasteiger partial charge in [-0.15, -0.1) is 0 Å². The molecule has 0 fully saturated rings. The molecule has 0 radical (unpaired) electrons. The molecule has 0 bridgehead atoms. The third kappa shape index (κ3) is 7.11. The summed E-state index contributed by atoms with van der Waals surface area (Å²) in [4.78, 5) is 35.1. The number of nitrogens with one attached hydrogen (secondary N) is 2. The van der Waals surface area contributed by atoms with Crippen LogP contribution in [0.1, 0.15) is 30.9 Å². The third-order valence-electron chi connectivity index (χ3n) is 3.64. The third-order valence-corrected chi connectivity index (χ3v) is 4.03. The van der Waals surface area contributed by atoms with Crippen LogP contribution >= 0.6 is 11.6 Å². The number of hydrogen-bond acceptors (Lipinski definition) is 6. The predicted molar refractivity (Wildman–Crippen MR) is 106 cm³/mol. The number of imide groups is 1. The fourth-order valence-corrected chi connectivity index (χ4v) is 2.65. The molecule has 10 heteroatoms. The molecular weight excluding hydrogens is 400 g/mol. The molecule has 2 aromatic rings. The largest absolute Gasteiger partial charge is 0.467 e. The molecule has 29 heavy (non-hydrogen) atoms. The van der Waals surface area contributed by atoms with Gasteiger partial charge in [-0.2, -0.15) is 5.10 Å². The average Bonchev–Trinajstić information content (AvgIpc) is 3.25. The number of nitrogens with zero attached hydrogens (tertiary/aromatic N) is 2. The lowest BCUT2D eigenvalue weighted by Crippen LogP contribution is -2.41. The minimum absolute atomic E-state index is 0.124. The number of furan rings is 1. The van der Waals surface area contributed by atoms with Crippen LogP contribution in [0.2, 0.25) is 5.15 Å². The number of halogens is 1. The van der Waals surface area contributed by atoms with Gasteiger partial charge in [0.1, 0.15) is 10.9 Å². The van der Waals surface area contributed by atoms with Crippen LogP contribution in [0.25, 0.3) is 6.08 Å². The van der Waals surface area contributed by atoms with E-state index in [2.05, 4.69) is 10.4 Å². The van der Waals surface area contributed by atoms with Crippen molar-refractivity contribution in [1.82, 2.24) is 20.4 Å². The Balaban J connectivity index is 1.78. The zero-order valence-corrected chi connectivity index (χ0v) is 17.2. The number of carbonyl (C=O) groups is 3. The van der Waals surface area contributed by atoms with Crippen LogP contribution in [0.3, 0.4) is 0 Å². The number of aromatic nitrogens is 2. The molecule has 9 nitrogen and oxygen atoms in total. The van der Waals surface area contributed by atoms with Crippen LogP contribution in [0.15, 0.2) is 28.9 Å². The molecule has 156 valence electrons. The molecule has 0 saturated heterocycles. The molecule has 2 rings (SSSR count). The Bertz CT molecular complexity index is 887. The van der Waals surface area contributed by atoms with Crippen LogP contribution < -0.4 is 10.6 Å². The van der Waals surface area contributed by atoms with Gasteiger partial charge in [0.15, 0.2) is 6.61 Å². The molecule has 3 amide bonds. The van der Waals surface area contributed by atoms with Gasteiger partial charge in [-0.1, -0.05) is 25.4 Å². The number of rotatable bonds is 8. The Morgan fingerprint density at radius 3 is 2.79 bits per heavy atom. The fraction of sp³-hybridized carbons (Fsp3) is 0.368. The zero-order valence-electron chi connectivity index (χ0n) is 16.4. The summed E-state index contributed by atoms with van der Waals surface area (Å²) < 4.78 is 11.5. The molecule has 0 aromatic carbocycles. The van der Waals surface area contributed by atoms with Crippen LogP contribution in [0.4, 0.5) is 4.79 Å². The number of hydrogen-bond donors (Lipinski definition) is 2. The molecule has 0 aliphatic heterocycles. The van der Waals surface area contributed by atoms with Gasteiger partial charge in [0.05, 0.1) is 18.5 Å². The van der Waals surface area contributed by atoms with Crippen molar-refractivity contribution in [2.45, 2.75) is 33.9 Å². The predicted octanol–water partition coefficient (Wildman–Crippen LogP) is 2.68. The summed E-state index contributed by atoms with van der Waals surface area (Å²) in [5, 5.41) is 9.24. The second kappa shape index (κ2) is 10.5. The van der Waals surface area contributed by atoms with E-state index < -0.39 is 24.5 Å². The monoisotopic (exact) mass is 422 g/mol. The smallest absolute Gasteiger partial charge is 0.331 e. The van der Waals surface area contributed by atoms with Gasteiger partial charge in [-0.25, -0.2) is 9.59 Å². The van der Waals surface area contributed by atoms with E-state index in [0.29, 0.717) is 34.6 Å². The fourth-order valence-electron chi connectivity index (χ4n) is 2.35. The van der Waals surface area contributed by atoms with Crippen LogP contribution in [0, 0.1) is 12.8 Å². The summed E-state index contributed by atoms with van der Waals surface area (Å²) in [6.45, 7) is 6.05. The van der Waals surface area contributed by atoms with Gasteiger partial charge in [0.2, 0.25) is 0 Å². The highest BCUT2D eigenvalue weighted by Crippen LogP contribution is 2.22. The second-order valence-corrected chi connectivity index (χ2v) is 6.98. The van der Waals surface area contributed by atoms with Crippen LogP contribution in [-0.2, 0) is 27.4 Å². The van der Waals surface area contributed by atoms with Gasteiger partial charge in [0.25, 0.3) is 5.91 Å². The molecular formula is C19H23ClN4O5. The Hall–Kier alpha value is -3.07. The topological polar surface area (TPSA) is 115 Å². The van der Waals surface area contributed by atoms with Gasteiger partial charge < -0.3 is 14.5 Å². The van der Waals surface area contributed by atoms with Gasteiger partial charge in [0, 0.05) is 18.2 Å². The van der Waals surface area contributed by atoms with E-state index in [0.717, 1.165) is 6.08 Å². The molecule has 0 saturated carbocycles. The maximum atomic E-state index is 11.8. The van der Waals surface area contributed by atoms with E-state index in [4.69, 9.17) is 20.8 Å². The van der Waals surface area contributed by atoms with Crippen LogP contribution in [-0.4, -0.2) is 34.3 Å². The summed E-state index contributed by atoms with van der Waals surface area (Å²) in [7, 11) is 0. The van der Waals surface area contributed by atoms with Crippen molar-refractivity contribution < 1.29 is 23.5 Å². The summed E-state index contributed by atoms with van der Waals surface area (Å²) >= 11 is 6.29. The SMILES string of the molecule is Cc1nn(CC(C)C)c(Cl)c1/C=C/C(=O)OCC(=O)NC(=O)NCc1ccco1. The van der Waals surface area contributed by atoms with Crippen molar-refractivity contribution in [1.29, 1.82) is 0 Å². The number of amides is 3. The highest BCUT2D eigenvalue weighted by Gasteiger charge is 2.13. The molecule has 0 aliphatic carbocycles. The van der Waals surface area contributed by atoms with Crippen molar-refractivity contribution in [3.05, 3.63) is 46.6 Å². The van der Waals surface area contributed by atoms with E-state index in [-0.39, 0.29) is 6.54 Å². The standard InChI is InChI=1S/C19H23ClN4O5/c1-12(2)10-24-18(20)15(13(3)23-24)6-7-17(26)29-11-16(25)22-19(27)21-9-14-5-4-8-28-14/h4-8,12H,9-11H2,1-3H3,(H2,21,22,25,27)/b7-6+. The van der Waals surface area contributed by atoms with E-state index in [1.165, 1.54) is 12.3 Å². The minimum atomic E-state index is -0.761. The summed E-state index contributed by atoms with van der Waals surface area (Å²) in [6, 6.07) is 2.63. The van der Waals surface area contributed by atoms with Crippen molar-refractivity contribution in [3.8, 4) is 0 Å². The molecule has 0 unspecified atom stereocenters. The average molecular weight is 423 g/mol. The number of aryl methyl sites for hydroxylation is 1. The first kappa shape index (κ1) is 22.2. The Morgan fingerprint density at radius 1 is 1.38 bits per heavy atom. The zero-order chi connectivity index (χ0) is 21.4. The molecule has 0 aliphatic rings. The highest BCUT2D eigenvalue weighted by atomic mass is 35.5. The van der Waals surface area contributed by atoms with E-state index >= 15 is 0 Å². The summed E-state index contributed by atoms with van der Waals surface area (Å²) in [5.74, 6) is -0.607. The summed E-state index contributed by atoms with van der Waals surface area (Å²) in [6.07, 6.45) is 4.11. The maximum Gasteiger partial charge on any atom is 0.331 e. The van der Waals surface area contributed by atoms with E-state index in [1.807, 2.05) is 19.2 Å². The molecule has 2 N–H and O–H groups in total. The van der Waals surface area contributed by atoms with E-state index in [1.54, 1.807) is 23.7 Å². The Morgan fingerprint density at radius 2 is 2.14 bits per heavy atom. The van der Waals surface area contributed by atoms with E-state index in [9.17, 15) is 14.4 Å². The molecule has 2 aromatic heterocycles. The first-order valence-electron chi connectivity index (χ1n) is 8.94. The quantitative estimate of drug-likeness (QED) is 0.499. The normalized spacial score (nSPS) is 11.1. The maximum absolute atomic E-state index is 11.8. The van der Waals surface area contributed by atoms with Gasteiger partial charge >= 0.3 is 12.0 Å². The number of esters is 1. The first-order valence-corrected chi connectivity index (χ1v) is 9.32. The summed E-state index contributed by atoms with van der Waals surface area (Å²) in [5.41, 5.74) is 1.27. The Labute approximate surface area is 173 Å².